The van der Waals surface area contributed by atoms with Crippen molar-refractivity contribution in [3.05, 3.63) is 0 Å². The van der Waals surface area contributed by atoms with E-state index < -0.39 is 16.3 Å². The molecule has 2 aliphatic carbocycles. The first-order chi connectivity index (χ1) is 9.50. The standard InChI is InChI=1S/C14H28N2O3S/c1-16(12-8-4-2-5-9-12)20(18,19)15-13-10-6-3-7-11-14(13)17/h12-15,17H,2-11H2,1H3. The van der Waals surface area contributed by atoms with Gasteiger partial charge in [0.15, 0.2) is 0 Å². The second-order valence-electron chi connectivity index (χ2n) is 6.24. The van der Waals surface area contributed by atoms with Crippen LogP contribution in [-0.2, 0) is 10.2 Å². The van der Waals surface area contributed by atoms with Crippen LogP contribution in [0.25, 0.3) is 0 Å². The van der Waals surface area contributed by atoms with Crippen molar-refractivity contribution in [3.8, 4) is 0 Å². The first-order valence-corrected chi connectivity index (χ1v) is 9.38. The van der Waals surface area contributed by atoms with Gasteiger partial charge in [0.2, 0.25) is 0 Å². The zero-order valence-corrected chi connectivity index (χ0v) is 13.2. The van der Waals surface area contributed by atoms with Gasteiger partial charge in [-0.2, -0.15) is 17.4 Å². The second kappa shape index (κ2) is 7.20. The van der Waals surface area contributed by atoms with Crippen LogP contribution in [0.1, 0.15) is 64.2 Å². The summed E-state index contributed by atoms with van der Waals surface area (Å²) in [7, 11) is -1.82. The average Bonchev–Trinajstić information content (AvgIpc) is 2.64. The summed E-state index contributed by atoms with van der Waals surface area (Å²) < 4.78 is 29.1. The molecule has 2 aliphatic rings. The van der Waals surface area contributed by atoms with Crippen LogP contribution in [0.5, 0.6) is 0 Å². The van der Waals surface area contributed by atoms with Gasteiger partial charge in [-0.15, -0.1) is 0 Å². The maximum absolute atomic E-state index is 12.5. The summed E-state index contributed by atoms with van der Waals surface area (Å²) in [5.41, 5.74) is 0. The molecule has 2 atom stereocenters. The lowest BCUT2D eigenvalue weighted by molar-refractivity contribution is 0.128. The number of rotatable bonds is 4. The van der Waals surface area contributed by atoms with Crippen LogP contribution in [0.4, 0.5) is 0 Å². The topological polar surface area (TPSA) is 69.6 Å². The van der Waals surface area contributed by atoms with Crippen LogP contribution in [0.3, 0.4) is 0 Å². The Morgan fingerprint density at radius 3 is 2.15 bits per heavy atom. The maximum atomic E-state index is 12.5. The highest BCUT2D eigenvalue weighted by atomic mass is 32.2. The molecule has 0 bridgehead atoms. The van der Waals surface area contributed by atoms with Crippen molar-refractivity contribution < 1.29 is 13.5 Å². The van der Waals surface area contributed by atoms with E-state index in [-0.39, 0.29) is 12.1 Å². The van der Waals surface area contributed by atoms with Crippen LogP contribution in [0.15, 0.2) is 0 Å². The smallest absolute Gasteiger partial charge is 0.279 e. The SMILES string of the molecule is CN(C1CCCCC1)S(=O)(=O)NC1CCCCCC1O. The molecule has 5 nitrogen and oxygen atoms in total. The zero-order valence-electron chi connectivity index (χ0n) is 12.4. The van der Waals surface area contributed by atoms with Crippen molar-refractivity contribution in [2.24, 2.45) is 0 Å². The molecular formula is C14H28N2O3S. The Balaban J connectivity index is 1.97. The number of hydrogen-bond donors (Lipinski definition) is 2. The molecule has 2 rings (SSSR count). The molecule has 2 unspecified atom stereocenters. The summed E-state index contributed by atoms with van der Waals surface area (Å²) in [5.74, 6) is 0. The lowest BCUT2D eigenvalue weighted by Crippen LogP contribution is -2.51. The van der Waals surface area contributed by atoms with Gasteiger partial charge in [-0.05, 0) is 25.7 Å². The van der Waals surface area contributed by atoms with Crippen molar-refractivity contribution in [2.45, 2.75) is 82.4 Å². The quantitative estimate of drug-likeness (QED) is 0.778. The number of aliphatic hydroxyl groups excluding tert-OH is 1. The maximum Gasteiger partial charge on any atom is 0.279 e. The minimum Gasteiger partial charge on any atom is -0.391 e. The van der Waals surface area contributed by atoms with Gasteiger partial charge in [-0.3, -0.25) is 0 Å². The van der Waals surface area contributed by atoms with E-state index >= 15 is 0 Å². The van der Waals surface area contributed by atoms with Crippen LogP contribution in [-0.4, -0.2) is 43.1 Å². The number of aliphatic hydroxyl groups is 1. The highest BCUT2D eigenvalue weighted by Crippen LogP contribution is 2.24. The molecule has 0 saturated heterocycles. The fourth-order valence-electron chi connectivity index (χ4n) is 3.34. The Morgan fingerprint density at radius 1 is 0.950 bits per heavy atom. The van der Waals surface area contributed by atoms with Crippen molar-refractivity contribution in [1.29, 1.82) is 0 Å². The molecular weight excluding hydrogens is 276 g/mol. The van der Waals surface area contributed by atoms with Gasteiger partial charge in [0.1, 0.15) is 0 Å². The average molecular weight is 304 g/mol. The van der Waals surface area contributed by atoms with Crippen molar-refractivity contribution in [1.82, 2.24) is 9.03 Å². The summed E-state index contributed by atoms with van der Waals surface area (Å²) in [6.45, 7) is 0. The Labute approximate surface area is 122 Å². The van der Waals surface area contributed by atoms with Gasteiger partial charge in [0.25, 0.3) is 10.2 Å². The van der Waals surface area contributed by atoms with Crippen molar-refractivity contribution >= 4 is 10.2 Å². The van der Waals surface area contributed by atoms with Crippen LogP contribution >= 0.6 is 0 Å². The molecule has 0 heterocycles. The Hall–Kier alpha value is -0.170. The fraction of sp³-hybridized carbons (Fsp3) is 1.00. The first-order valence-electron chi connectivity index (χ1n) is 7.94. The number of hydrogen-bond acceptors (Lipinski definition) is 3. The van der Waals surface area contributed by atoms with E-state index in [2.05, 4.69) is 4.72 Å². The minimum atomic E-state index is -3.49. The molecule has 2 fully saturated rings. The monoisotopic (exact) mass is 304 g/mol. The molecule has 0 spiro atoms. The molecule has 0 aromatic heterocycles. The first kappa shape index (κ1) is 16.2. The van der Waals surface area contributed by atoms with Gasteiger partial charge in [-0.25, -0.2) is 0 Å². The zero-order chi connectivity index (χ0) is 14.6. The third-order valence-corrected chi connectivity index (χ3v) is 6.40. The number of nitrogens with zero attached hydrogens (tertiary/aromatic N) is 1. The molecule has 2 saturated carbocycles. The molecule has 0 radical (unpaired) electrons. The van der Waals surface area contributed by atoms with Gasteiger partial charge in [-0.1, -0.05) is 38.5 Å². The van der Waals surface area contributed by atoms with Crippen LogP contribution < -0.4 is 4.72 Å². The Kier molecular flexibility index (Phi) is 5.84. The normalized spacial score (nSPS) is 30.4. The predicted molar refractivity (Wildman–Crippen MR) is 79.6 cm³/mol. The van der Waals surface area contributed by atoms with E-state index in [0.717, 1.165) is 51.4 Å². The molecule has 20 heavy (non-hydrogen) atoms. The lowest BCUT2D eigenvalue weighted by atomic mass is 9.96. The minimum absolute atomic E-state index is 0.115. The third-order valence-electron chi connectivity index (χ3n) is 4.75. The van der Waals surface area contributed by atoms with Crippen LogP contribution in [0.2, 0.25) is 0 Å². The predicted octanol–water partition coefficient (Wildman–Crippen LogP) is 1.78. The third kappa shape index (κ3) is 4.16. The fourth-order valence-corrected chi connectivity index (χ4v) is 4.77. The Morgan fingerprint density at radius 2 is 1.50 bits per heavy atom. The molecule has 0 aliphatic heterocycles. The second-order valence-corrected chi connectivity index (χ2v) is 8.00. The summed E-state index contributed by atoms with van der Waals surface area (Å²) >= 11 is 0. The number of nitrogens with one attached hydrogen (secondary N) is 1. The molecule has 6 heteroatoms. The summed E-state index contributed by atoms with van der Waals surface area (Å²) in [6, 6.07) is -0.210. The lowest BCUT2D eigenvalue weighted by Gasteiger charge is -2.32. The molecule has 0 aromatic rings. The molecule has 118 valence electrons. The van der Waals surface area contributed by atoms with Crippen molar-refractivity contribution in [3.63, 3.8) is 0 Å². The van der Waals surface area contributed by atoms with Crippen molar-refractivity contribution in [2.75, 3.05) is 7.05 Å². The van der Waals surface area contributed by atoms with Crippen LogP contribution in [0, 0.1) is 0 Å². The highest BCUT2D eigenvalue weighted by molar-refractivity contribution is 7.87. The van der Waals surface area contributed by atoms with Gasteiger partial charge in [0.05, 0.1) is 6.10 Å². The molecule has 0 amide bonds. The van der Waals surface area contributed by atoms with Gasteiger partial charge < -0.3 is 5.11 Å². The largest absolute Gasteiger partial charge is 0.391 e. The summed E-state index contributed by atoms with van der Waals surface area (Å²) in [4.78, 5) is 0. The van der Waals surface area contributed by atoms with Gasteiger partial charge >= 0.3 is 0 Å². The highest BCUT2D eigenvalue weighted by Gasteiger charge is 2.32. The van der Waals surface area contributed by atoms with E-state index in [4.69, 9.17) is 0 Å². The van der Waals surface area contributed by atoms with E-state index in [0.29, 0.717) is 6.42 Å². The summed E-state index contributed by atoms with van der Waals surface area (Å²) in [6.07, 6.45) is 9.25. The molecule has 0 aromatic carbocycles. The van der Waals surface area contributed by atoms with E-state index in [1.54, 1.807) is 7.05 Å². The van der Waals surface area contributed by atoms with Gasteiger partial charge in [0, 0.05) is 19.1 Å². The van der Waals surface area contributed by atoms with E-state index in [1.165, 1.54) is 10.7 Å². The summed E-state index contributed by atoms with van der Waals surface area (Å²) in [5, 5.41) is 10.1. The van der Waals surface area contributed by atoms with E-state index in [9.17, 15) is 13.5 Å². The molecule has 2 N–H and O–H groups in total. The van der Waals surface area contributed by atoms with E-state index in [1.807, 2.05) is 0 Å². The Bertz CT molecular complexity index is 393.